The molecule has 0 saturated heterocycles. The number of benzene rings is 1. The van der Waals surface area contributed by atoms with Crippen LogP contribution >= 0.6 is 0 Å². The lowest BCUT2D eigenvalue weighted by Gasteiger charge is -2.29. The molecular weight excluding hydrogens is 408 g/mol. The first kappa shape index (κ1) is 23.3. The molecule has 1 unspecified atom stereocenters. The van der Waals surface area contributed by atoms with Gasteiger partial charge in [-0.3, -0.25) is 9.59 Å². The number of amides is 1. The van der Waals surface area contributed by atoms with E-state index in [0.29, 0.717) is 36.8 Å². The number of ether oxygens (including phenoxy) is 1. The highest BCUT2D eigenvalue weighted by Gasteiger charge is 2.40. The Labute approximate surface area is 188 Å². The highest BCUT2D eigenvalue weighted by Crippen LogP contribution is 2.38. The zero-order valence-corrected chi connectivity index (χ0v) is 18.8. The van der Waals surface area contributed by atoms with Gasteiger partial charge in [-0.1, -0.05) is 24.8 Å². The van der Waals surface area contributed by atoms with Gasteiger partial charge in [-0.25, -0.2) is 0 Å². The minimum absolute atomic E-state index is 0.0609. The van der Waals surface area contributed by atoms with Gasteiger partial charge in [0.15, 0.2) is 5.76 Å². The van der Waals surface area contributed by atoms with Crippen LogP contribution in [-0.2, 0) is 4.79 Å². The molecule has 3 rings (SSSR count). The third-order valence-electron chi connectivity index (χ3n) is 5.76. The van der Waals surface area contributed by atoms with Crippen molar-refractivity contribution in [2.24, 2.45) is 0 Å². The van der Waals surface area contributed by atoms with Crippen molar-refractivity contribution in [3.05, 3.63) is 77.5 Å². The van der Waals surface area contributed by atoms with E-state index in [4.69, 9.17) is 9.15 Å². The van der Waals surface area contributed by atoms with Crippen molar-refractivity contribution in [3.8, 4) is 5.75 Å². The molecule has 32 heavy (non-hydrogen) atoms. The average molecular weight is 439 g/mol. The van der Waals surface area contributed by atoms with Gasteiger partial charge in [-0.05, 0) is 56.4 Å². The number of carbonyl (C=O) groups is 2. The molecule has 1 aromatic carbocycles. The number of nitrogens with one attached hydrogen (secondary N) is 1. The second-order valence-corrected chi connectivity index (χ2v) is 7.76. The molecule has 1 aromatic heterocycles. The first-order chi connectivity index (χ1) is 15.4. The largest absolute Gasteiger partial charge is 0.868 e. The number of hydrogen-bond donors (Lipinski definition) is 1. The van der Waals surface area contributed by atoms with Crippen LogP contribution in [0.15, 0.2) is 64.8 Å². The Morgan fingerprint density at radius 3 is 2.47 bits per heavy atom. The summed E-state index contributed by atoms with van der Waals surface area (Å²) in [5.41, 5.74) is 0.606. The van der Waals surface area contributed by atoms with Gasteiger partial charge < -0.3 is 24.1 Å². The minimum atomic E-state index is -0.768. The number of carbonyl (C=O) groups excluding carboxylic acids is 2. The maximum Gasteiger partial charge on any atom is 0.240 e. The van der Waals surface area contributed by atoms with E-state index in [1.54, 1.807) is 43.3 Å². The van der Waals surface area contributed by atoms with E-state index in [0.717, 1.165) is 13.1 Å². The van der Waals surface area contributed by atoms with E-state index in [9.17, 15) is 14.7 Å². The summed E-state index contributed by atoms with van der Waals surface area (Å²) in [6.45, 7) is 12.8. The summed E-state index contributed by atoms with van der Waals surface area (Å²) in [4.78, 5) is 29.0. The highest BCUT2D eigenvalue weighted by molar-refractivity contribution is 6.14. The Bertz CT molecular complexity index is 1000. The number of aryl methyl sites for hydroxylation is 1. The maximum atomic E-state index is 13.2. The molecule has 1 aliphatic heterocycles. The fourth-order valence-electron chi connectivity index (χ4n) is 3.92. The van der Waals surface area contributed by atoms with Crippen molar-refractivity contribution in [2.75, 3.05) is 32.8 Å². The molecule has 0 fully saturated rings. The van der Waals surface area contributed by atoms with E-state index in [1.807, 2.05) is 0 Å². The molecule has 0 bridgehead atoms. The van der Waals surface area contributed by atoms with E-state index in [-0.39, 0.29) is 11.3 Å². The lowest BCUT2D eigenvalue weighted by atomic mass is 9.95. The number of hydrogen-bond acceptors (Lipinski definition) is 5. The molecule has 0 radical (unpaired) electrons. The predicted octanol–water partition coefficient (Wildman–Crippen LogP) is 1.46. The summed E-state index contributed by atoms with van der Waals surface area (Å²) in [6, 6.07) is 9.53. The van der Waals surface area contributed by atoms with Gasteiger partial charge in [0.1, 0.15) is 18.1 Å². The molecule has 170 valence electrons. The van der Waals surface area contributed by atoms with Crippen LogP contribution in [0.25, 0.3) is 0 Å². The molecule has 0 spiro atoms. The van der Waals surface area contributed by atoms with Crippen LogP contribution in [0.2, 0.25) is 0 Å². The van der Waals surface area contributed by atoms with E-state index >= 15 is 0 Å². The highest BCUT2D eigenvalue weighted by atomic mass is 16.5. The van der Waals surface area contributed by atoms with Crippen molar-refractivity contribution in [1.29, 1.82) is 0 Å². The Balaban J connectivity index is 1.98. The third kappa shape index (κ3) is 4.78. The summed E-state index contributed by atoms with van der Waals surface area (Å²) in [5, 5.41) is 13.0. The minimum Gasteiger partial charge on any atom is -0.868 e. The number of furan rings is 1. The van der Waals surface area contributed by atoms with Crippen molar-refractivity contribution >= 4 is 11.7 Å². The van der Waals surface area contributed by atoms with Crippen LogP contribution in [0.4, 0.5) is 0 Å². The van der Waals surface area contributed by atoms with Crippen LogP contribution in [0, 0.1) is 6.92 Å². The van der Waals surface area contributed by atoms with Crippen LogP contribution in [0.1, 0.15) is 41.8 Å². The van der Waals surface area contributed by atoms with Crippen molar-refractivity contribution in [1.82, 2.24) is 4.90 Å². The van der Waals surface area contributed by atoms with Crippen LogP contribution in [-0.4, -0.2) is 49.4 Å². The fourth-order valence-corrected chi connectivity index (χ4v) is 3.92. The fraction of sp³-hybridized carbons (Fsp3) is 0.360. The first-order valence-corrected chi connectivity index (χ1v) is 10.9. The Kier molecular flexibility index (Phi) is 7.53. The van der Waals surface area contributed by atoms with Gasteiger partial charge in [0, 0.05) is 5.57 Å². The normalized spacial score (nSPS) is 16.2. The van der Waals surface area contributed by atoms with Crippen molar-refractivity contribution in [3.63, 3.8) is 0 Å². The first-order valence-electron chi connectivity index (χ1n) is 10.9. The number of nitrogens with zero attached hydrogens (tertiary/aromatic N) is 1. The topological polar surface area (TPSA) is 87.2 Å². The van der Waals surface area contributed by atoms with Crippen LogP contribution in [0.3, 0.4) is 0 Å². The van der Waals surface area contributed by atoms with Crippen molar-refractivity contribution < 1.29 is 28.7 Å². The zero-order chi connectivity index (χ0) is 23.3. The molecule has 7 heteroatoms. The number of likely N-dealkylation sites (N-methyl/N-ethyl adjacent to an activating group) is 1. The summed E-state index contributed by atoms with van der Waals surface area (Å²) < 4.78 is 11.0. The molecule has 1 atom stereocenters. The van der Waals surface area contributed by atoms with Gasteiger partial charge in [-0.2, -0.15) is 0 Å². The standard InChI is InChI=1S/C25H30N2O5/c1-5-16-31-19-11-9-18(10-12-19)22-21(23(28)20-13-8-17(4)32-20)24(29)25(30)27(22)15-14-26(6-2)7-3/h5,8-13,22,29H,1,6-7,14-16H2,2-4H3. The van der Waals surface area contributed by atoms with Gasteiger partial charge in [-0.15, -0.1) is 0 Å². The van der Waals surface area contributed by atoms with Gasteiger partial charge in [0.05, 0.1) is 32.2 Å². The molecular formula is C25H30N2O5. The molecule has 0 aliphatic carbocycles. The molecule has 2 heterocycles. The SMILES string of the molecule is C=CCOc1ccc(C2C(C(=O)c3ccc(C)o3)=C([O-])C(=O)N2CC[NH+](CC)CC)cc1. The molecule has 2 aromatic rings. The lowest BCUT2D eigenvalue weighted by molar-refractivity contribution is -0.895. The number of quaternary nitrogens is 1. The summed E-state index contributed by atoms with van der Waals surface area (Å²) in [6.07, 6.45) is 1.65. The lowest BCUT2D eigenvalue weighted by Crippen LogP contribution is -3.12. The average Bonchev–Trinajstić information content (AvgIpc) is 3.34. The Hall–Kier alpha value is -3.32. The van der Waals surface area contributed by atoms with E-state index < -0.39 is 23.5 Å². The Morgan fingerprint density at radius 1 is 1.22 bits per heavy atom. The zero-order valence-electron chi connectivity index (χ0n) is 18.8. The van der Waals surface area contributed by atoms with Crippen molar-refractivity contribution in [2.45, 2.75) is 26.8 Å². The van der Waals surface area contributed by atoms with Crippen LogP contribution < -0.4 is 14.7 Å². The van der Waals surface area contributed by atoms with Crippen LogP contribution in [0.5, 0.6) is 5.75 Å². The number of Topliss-reactive ketones (excluding diaryl/α,β-unsaturated/α-hetero) is 1. The second-order valence-electron chi connectivity index (χ2n) is 7.76. The van der Waals surface area contributed by atoms with Gasteiger partial charge in [0.2, 0.25) is 11.7 Å². The smallest absolute Gasteiger partial charge is 0.240 e. The number of rotatable bonds is 11. The quantitative estimate of drug-likeness (QED) is 0.424. The number of ketones is 1. The monoisotopic (exact) mass is 438 g/mol. The maximum absolute atomic E-state index is 13.2. The van der Waals surface area contributed by atoms with E-state index in [2.05, 4.69) is 20.4 Å². The summed E-state index contributed by atoms with van der Waals surface area (Å²) in [5.74, 6) is -0.710. The summed E-state index contributed by atoms with van der Waals surface area (Å²) in [7, 11) is 0. The van der Waals surface area contributed by atoms with Gasteiger partial charge in [0.25, 0.3) is 0 Å². The van der Waals surface area contributed by atoms with Gasteiger partial charge >= 0.3 is 0 Å². The predicted molar refractivity (Wildman–Crippen MR) is 118 cm³/mol. The second kappa shape index (κ2) is 10.3. The molecule has 1 N–H and O–H groups in total. The molecule has 0 saturated carbocycles. The molecule has 7 nitrogen and oxygen atoms in total. The Morgan fingerprint density at radius 2 is 1.91 bits per heavy atom. The third-order valence-corrected chi connectivity index (χ3v) is 5.76. The summed E-state index contributed by atoms with van der Waals surface area (Å²) >= 11 is 0. The van der Waals surface area contributed by atoms with E-state index in [1.165, 1.54) is 15.9 Å². The molecule has 1 aliphatic rings. The molecule has 1 amide bonds.